The number of nitrogens with two attached hydrogens (primary N) is 1. The van der Waals surface area contributed by atoms with E-state index >= 15 is 0 Å². The maximum atomic E-state index is 13.2. The Labute approximate surface area is 117 Å². The Morgan fingerprint density at radius 2 is 2.10 bits per heavy atom. The van der Waals surface area contributed by atoms with Crippen molar-refractivity contribution in [1.82, 2.24) is 4.31 Å². The van der Waals surface area contributed by atoms with Crippen molar-refractivity contribution >= 4 is 15.9 Å². The number of hydrogen-bond acceptors (Lipinski definition) is 3. The first-order valence-corrected chi connectivity index (χ1v) is 7.83. The lowest BCUT2D eigenvalue weighted by molar-refractivity contribution is -0.123. The van der Waals surface area contributed by atoms with Crippen LogP contribution in [0.5, 0.6) is 0 Å². The number of rotatable bonds is 3. The van der Waals surface area contributed by atoms with Crippen LogP contribution in [-0.4, -0.2) is 31.2 Å². The summed E-state index contributed by atoms with van der Waals surface area (Å²) in [6, 6.07) is 4.63. The molecule has 1 heterocycles. The number of carbonyl (C=O) groups excluding carboxylic acids is 1. The van der Waals surface area contributed by atoms with Crippen LogP contribution in [0.1, 0.15) is 19.8 Å². The molecule has 0 radical (unpaired) electrons. The van der Waals surface area contributed by atoms with Crippen molar-refractivity contribution in [2.24, 2.45) is 11.7 Å². The third-order valence-corrected chi connectivity index (χ3v) is 5.61. The molecule has 1 aliphatic heterocycles. The van der Waals surface area contributed by atoms with Crippen molar-refractivity contribution in [3.05, 3.63) is 30.1 Å². The minimum atomic E-state index is -3.81. The highest BCUT2D eigenvalue weighted by molar-refractivity contribution is 7.89. The molecule has 2 unspecified atom stereocenters. The molecule has 0 aromatic heterocycles. The zero-order chi connectivity index (χ0) is 14.9. The number of amides is 1. The van der Waals surface area contributed by atoms with E-state index in [0.29, 0.717) is 12.8 Å². The van der Waals surface area contributed by atoms with Gasteiger partial charge in [-0.2, -0.15) is 4.31 Å². The minimum Gasteiger partial charge on any atom is -0.369 e. The fourth-order valence-corrected chi connectivity index (χ4v) is 4.14. The van der Waals surface area contributed by atoms with Gasteiger partial charge in [0, 0.05) is 12.6 Å². The second kappa shape index (κ2) is 5.49. The van der Waals surface area contributed by atoms with Crippen molar-refractivity contribution in [1.29, 1.82) is 0 Å². The quantitative estimate of drug-likeness (QED) is 0.907. The highest BCUT2D eigenvalue weighted by atomic mass is 32.2. The number of hydrogen-bond donors (Lipinski definition) is 1. The molecule has 1 aromatic rings. The Balaban J connectivity index is 2.34. The van der Waals surface area contributed by atoms with Gasteiger partial charge in [-0.15, -0.1) is 0 Å². The van der Waals surface area contributed by atoms with Crippen LogP contribution in [0.3, 0.4) is 0 Å². The number of halogens is 1. The van der Waals surface area contributed by atoms with Crippen molar-refractivity contribution in [3.8, 4) is 0 Å². The van der Waals surface area contributed by atoms with Crippen LogP contribution >= 0.6 is 0 Å². The van der Waals surface area contributed by atoms with E-state index in [2.05, 4.69) is 0 Å². The smallest absolute Gasteiger partial charge is 0.243 e. The lowest BCUT2D eigenvalue weighted by atomic mass is 9.95. The molecule has 20 heavy (non-hydrogen) atoms. The predicted octanol–water partition coefficient (Wildman–Crippen LogP) is 1.10. The predicted molar refractivity (Wildman–Crippen MR) is 71.7 cm³/mol. The monoisotopic (exact) mass is 300 g/mol. The van der Waals surface area contributed by atoms with Crippen LogP contribution in [0.25, 0.3) is 0 Å². The molecular formula is C13H17FN2O3S. The molecule has 0 bridgehead atoms. The number of carbonyl (C=O) groups is 1. The summed E-state index contributed by atoms with van der Waals surface area (Å²) in [5, 5.41) is 0. The lowest BCUT2D eigenvalue weighted by Crippen LogP contribution is -2.48. The van der Waals surface area contributed by atoms with Gasteiger partial charge in [-0.1, -0.05) is 6.07 Å². The summed E-state index contributed by atoms with van der Waals surface area (Å²) in [5.74, 6) is -1.60. The van der Waals surface area contributed by atoms with E-state index in [9.17, 15) is 17.6 Å². The van der Waals surface area contributed by atoms with Gasteiger partial charge in [0.1, 0.15) is 5.82 Å². The van der Waals surface area contributed by atoms with Gasteiger partial charge in [-0.25, -0.2) is 12.8 Å². The highest BCUT2D eigenvalue weighted by Gasteiger charge is 2.36. The average Bonchev–Trinajstić information content (AvgIpc) is 2.38. The number of benzene rings is 1. The molecule has 7 heteroatoms. The number of piperidine rings is 1. The van der Waals surface area contributed by atoms with Crippen molar-refractivity contribution in [2.75, 3.05) is 6.54 Å². The van der Waals surface area contributed by atoms with E-state index in [1.165, 1.54) is 22.5 Å². The molecule has 1 amide bonds. The topological polar surface area (TPSA) is 80.5 Å². The summed E-state index contributed by atoms with van der Waals surface area (Å²) in [5.41, 5.74) is 5.26. The van der Waals surface area contributed by atoms with Crippen LogP contribution < -0.4 is 5.73 Å². The molecule has 5 nitrogen and oxygen atoms in total. The Morgan fingerprint density at radius 3 is 2.70 bits per heavy atom. The van der Waals surface area contributed by atoms with Gasteiger partial charge >= 0.3 is 0 Å². The van der Waals surface area contributed by atoms with E-state index in [1.54, 1.807) is 6.92 Å². The minimum absolute atomic E-state index is 0.0509. The zero-order valence-corrected chi connectivity index (χ0v) is 11.9. The van der Waals surface area contributed by atoms with E-state index in [-0.39, 0.29) is 17.5 Å². The summed E-state index contributed by atoms with van der Waals surface area (Å²) in [6.45, 7) is 1.82. The van der Waals surface area contributed by atoms with Gasteiger partial charge in [0.2, 0.25) is 15.9 Å². The molecule has 1 aromatic carbocycles. The summed E-state index contributed by atoms with van der Waals surface area (Å²) in [4.78, 5) is 11.2. The Bertz CT molecular complexity index is 618. The Hall–Kier alpha value is -1.47. The van der Waals surface area contributed by atoms with Crippen LogP contribution in [0, 0.1) is 11.7 Å². The summed E-state index contributed by atoms with van der Waals surface area (Å²) in [7, 11) is -3.81. The van der Waals surface area contributed by atoms with E-state index in [1.807, 2.05) is 0 Å². The van der Waals surface area contributed by atoms with E-state index in [4.69, 9.17) is 5.73 Å². The highest BCUT2D eigenvalue weighted by Crippen LogP contribution is 2.28. The average molecular weight is 300 g/mol. The van der Waals surface area contributed by atoms with Gasteiger partial charge in [0.15, 0.2) is 0 Å². The fraction of sp³-hybridized carbons (Fsp3) is 0.462. The van der Waals surface area contributed by atoms with E-state index in [0.717, 1.165) is 6.07 Å². The third kappa shape index (κ3) is 2.83. The molecule has 1 saturated heterocycles. The van der Waals surface area contributed by atoms with Crippen LogP contribution in [0.4, 0.5) is 4.39 Å². The third-order valence-electron chi connectivity index (χ3n) is 3.63. The van der Waals surface area contributed by atoms with Crippen LogP contribution in [-0.2, 0) is 14.8 Å². The SMILES string of the molecule is CC1CCC(C(N)=O)CN1S(=O)(=O)c1cccc(F)c1. The molecule has 1 aliphatic rings. The summed E-state index contributed by atoms with van der Waals surface area (Å²) >= 11 is 0. The molecule has 2 rings (SSSR count). The number of primary amides is 1. The molecule has 1 fully saturated rings. The standard InChI is InChI=1S/C13H17FN2O3S/c1-9-5-6-10(13(15)17)8-16(9)20(18,19)12-4-2-3-11(14)7-12/h2-4,7,9-10H,5-6,8H2,1H3,(H2,15,17). The van der Waals surface area contributed by atoms with Gasteiger partial charge in [-0.05, 0) is 38.0 Å². The van der Waals surface area contributed by atoms with Gasteiger partial charge < -0.3 is 5.73 Å². The van der Waals surface area contributed by atoms with Gasteiger partial charge in [0.05, 0.1) is 10.8 Å². The maximum absolute atomic E-state index is 13.2. The first-order valence-electron chi connectivity index (χ1n) is 6.39. The van der Waals surface area contributed by atoms with Crippen molar-refractivity contribution in [2.45, 2.75) is 30.7 Å². The zero-order valence-electron chi connectivity index (χ0n) is 11.1. The normalized spacial score (nSPS) is 24.5. The fourth-order valence-electron chi connectivity index (χ4n) is 2.40. The second-order valence-corrected chi connectivity index (χ2v) is 6.95. The largest absolute Gasteiger partial charge is 0.369 e. The number of sulfonamides is 1. The molecular weight excluding hydrogens is 283 g/mol. The molecule has 0 spiro atoms. The van der Waals surface area contributed by atoms with Crippen molar-refractivity contribution in [3.63, 3.8) is 0 Å². The Kier molecular flexibility index (Phi) is 4.10. The molecule has 2 atom stereocenters. The Morgan fingerprint density at radius 1 is 1.40 bits per heavy atom. The second-order valence-electron chi connectivity index (χ2n) is 5.06. The first kappa shape index (κ1) is 14.9. The van der Waals surface area contributed by atoms with Gasteiger partial charge in [0.25, 0.3) is 0 Å². The summed E-state index contributed by atoms with van der Waals surface area (Å²) < 4.78 is 39.5. The maximum Gasteiger partial charge on any atom is 0.243 e. The molecule has 0 saturated carbocycles. The van der Waals surface area contributed by atoms with E-state index < -0.39 is 27.7 Å². The first-order chi connectivity index (χ1) is 9.32. The summed E-state index contributed by atoms with van der Waals surface area (Å²) in [6.07, 6.45) is 1.13. The lowest BCUT2D eigenvalue weighted by Gasteiger charge is -2.35. The van der Waals surface area contributed by atoms with Crippen LogP contribution in [0.2, 0.25) is 0 Å². The molecule has 0 aliphatic carbocycles. The van der Waals surface area contributed by atoms with Crippen molar-refractivity contribution < 1.29 is 17.6 Å². The molecule has 2 N–H and O–H groups in total. The van der Waals surface area contributed by atoms with Crippen LogP contribution in [0.15, 0.2) is 29.2 Å². The number of nitrogens with zero attached hydrogens (tertiary/aromatic N) is 1. The van der Waals surface area contributed by atoms with Gasteiger partial charge in [-0.3, -0.25) is 4.79 Å². The molecule has 110 valence electrons.